The number of rotatable bonds is 22. The highest BCUT2D eigenvalue weighted by Gasteiger charge is 2.50. The molecule has 0 radical (unpaired) electrons. The van der Waals surface area contributed by atoms with Crippen molar-refractivity contribution in [2.45, 2.75) is 130 Å². The quantitative estimate of drug-likeness (QED) is 0.0383. The van der Waals surface area contributed by atoms with Crippen molar-refractivity contribution in [3.05, 3.63) is 137 Å². The zero-order valence-corrected chi connectivity index (χ0v) is 45.8. The normalized spacial score (nSPS) is 14.3. The lowest BCUT2D eigenvalue weighted by atomic mass is 9.92. The minimum atomic E-state index is -2.77. The van der Waals surface area contributed by atoms with Crippen LogP contribution in [0.5, 0.6) is 0 Å². The summed E-state index contributed by atoms with van der Waals surface area (Å²) in [5, 5.41) is 2.20. The Labute approximate surface area is 420 Å². The number of benzene rings is 4. The van der Waals surface area contributed by atoms with Gasteiger partial charge in [0, 0.05) is 37.9 Å². The number of methoxy groups -OCH3 is 1. The summed E-state index contributed by atoms with van der Waals surface area (Å²) in [6.45, 7) is 25.5. The molecule has 0 fully saturated rings. The van der Waals surface area contributed by atoms with E-state index in [9.17, 15) is 9.59 Å². The van der Waals surface area contributed by atoms with Gasteiger partial charge in [-0.05, 0) is 82.1 Å². The van der Waals surface area contributed by atoms with Gasteiger partial charge in [0.1, 0.15) is 11.5 Å². The zero-order chi connectivity index (χ0) is 50.7. The van der Waals surface area contributed by atoms with Gasteiger partial charge >= 0.3 is 5.97 Å². The Balaban J connectivity index is 1.36. The standard InChI is InChI=1S/C57H78N4O7Si2/c1-12-14-32-59(33-15-13-2)54(63)51-41-60(34-35-66-36-37-67-70(57(6,7)8,47-26-18-16-19-27-47)48-28-20-17-21-29-48)52(58-51)49-31-30-44(55(64)65-9)39-50(49)53(62)61-40-45-25-23-22-24-43(45)38-46(61)42-68-69(10,11)56(3,4)5/h16-31,39,41,46H,12-15,32-38,40,42H2,1-11H3. The lowest BCUT2D eigenvalue weighted by Crippen LogP contribution is -2.66. The maximum absolute atomic E-state index is 15.5. The van der Waals surface area contributed by atoms with E-state index in [4.69, 9.17) is 23.3 Å². The Bertz CT molecular complexity index is 2470. The molecule has 0 aliphatic carbocycles. The zero-order valence-electron chi connectivity index (χ0n) is 43.8. The molecule has 1 aliphatic rings. The van der Waals surface area contributed by atoms with Crippen LogP contribution in [0.2, 0.25) is 23.2 Å². The van der Waals surface area contributed by atoms with Gasteiger partial charge in [0.05, 0.1) is 50.7 Å². The average Bonchev–Trinajstić information content (AvgIpc) is 3.78. The van der Waals surface area contributed by atoms with Crippen LogP contribution < -0.4 is 10.4 Å². The van der Waals surface area contributed by atoms with E-state index >= 15 is 4.79 Å². The van der Waals surface area contributed by atoms with Crippen LogP contribution in [0.1, 0.15) is 123 Å². The third-order valence-corrected chi connectivity index (χ3v) is 23.8. The summed E-state index contributed by atoms with van der Waals surface area (Å²) in [7, 11) is -3.64. The minimum Gasteiger partial charge on any atom is -0.465 e. The van der Waals surface area contributed by atoms with Crippen molar-refractivity contribution < 1.29 is 32.7 Å². The number of nitrogens with zero attached hydrogens (tertiary/aromatic N) is 4. The molecule has 70 heavy (non-hydrogen) atoms. The van der Waals surface area contributed by atoms with Crippen LogP contribution >= 0.6 is 0 Å². The van der Waals surface area contributed by atoms with Gasteiger partial charge in [-0.25, -0.2) is 9.78 Å². The smallest absolute Gasteiger partial charge is 0.337 e. The van der Waals surface area contributed by atoms with Gasteiger partial charge in [0.15, 0.2) is 8.32 Å². The first-order chi connectivity index (χ1) is 33.4. The summed E-state index contributed by atoms with van der Waals surface area (Å²) in [5.41, 5.74) is 3.58. The topological polar surface area (TPSA) is 112 Å². The Morgan fingerprint density at radius 3 is 1.91 bits per heavy atom. The average molecular weight is 987 g/mol. The summed E-state index contributed by atoms with van der Waals surface area (Å²) < 4.78 is 27.5. The van der Waals surface area contributed by atoms with Crippen molar-refractivity contribution >= 4 is 44.8 Å². The molecule has 1 aromatic heterocycles. The number of hydrogen-bond donors (Lipinski definition) is 0. The molecule has 1 atom stereocenters. The molecule has 0 spiro atoms. The summed E-state index contributed by atoms with van der Waals surface area (Å²) >= 11 is 0. The first kappa shape index (κ1) is 54.2. The van der Waals surface area contributed by atoms with Gasteiger partial charge in [-0.3, -0.25) is 9.59 Å². The maximum atomic E-state index is 15.5. The summed E-state index contributed by atoms with van der Waals surface area (Å²) in [6.07, 6.45) is 6.07. The van der Waals surface area contributed by atoms with E-state index in [-0.39, 0.29) is 40.1 Å². The molecule has 1 aliphatic heterocycles. The lowest BCUT2D eigenvalue weighted by Gasteiger charge is -2.43. The SMILES string of the molecule is CCCCN(CCCC)C(=O)c1cn(CCOCCO[Si](c2ccccc2)(c2ccccc2)C(C)(C)C)c(-c2ccc(C(=O)OC)cc2C(=O)N2Cc3ccccc3CC2CO[Si](C)(C)C(C)(C)C)n1. The second-order valence-corrected chi connectivity index (χ2v) is 30.3. The highest BCUT2D eigenvalue weighted by Crippen LogP contribution is 2.39. The number of fused-ring (bicyclic) bond motifs is 1. The molecule has 1 unspecified atom stereocenters. The van der Waals surface area contributed by atoms with E-state index in [0.29, 0.717) is 75.1 Å². The van der Waals surface area contributed by atoms with Crippen LogP contribution in [0.25, 0.3) is 11.4 Å². The number of hydrogen-bond acceptors (Lipinski definition) is 8. The Kier molecular flexibility index (Phi) is 18.4. The van der Waals surface area contributed by atoms with Gasteiger partial charge in [0.25, 0.3) is 20.1 Å². The highest BCUT2D eigenvalue weighted by atomic mass is 28.4. The molecule has 4 aromatic carbocycles. The second-order valence-electron chi connectivity index (χ2n) is 21.1. The predicted molar refractivity (Wildman–Crippen MR) is 286 cm³/mol. The minimum absolute atomic E-state index is 0.0227. The van der Waals surface area contributed by atoms with Crippen LogP contribution in [0.15, 0.2) is 109 Å². The third kappa shape index (κ3) is 12.5. The summed E-state index contributed by atoms with van der Waals surface area (Å²) in [4.78, 5) is 52.0. The maximum Gasteiger partial charge on any atom is 0.337 e. The summed E-state index contributed by atoms with van der Waals surface area (Å²) in [6, 6.07) is 34.1. The van der Waals surface area contributed by atoms with Crippen LogP contribution in [-0.2, 0) is 37.8 Å². The first-order valence-electron chi connectivity index (χ1n) is 25.3. The van der Waals surface area contributed by atoms with Crippen molar-refractivity contribution in [2.24, 2.45) is 0 Å². The van der Waals surface area contributed by atoms with Crippen molar-refractivity contribution in [1.82, 2.24) is 19.4 Å². The van der Waals surface area contributed by atoms with Crippen LogP contribution in [0, 0.1) is 0 Å². The van der Waals surface area contributed by atoms with Crippen molar-refractivity contribution in [3.63, 3.8) is 0 Å². The number of ether oxygens (including phenoxy) is 2. The number of carbonyl (C=O) groups is 3. The molecule has 2 amide bonds. The number of aromatic nitrogens is 2. The fraction of sp³-hybridized carbons (Fsp3) is 0.474. The number of unbranched alkanes of at least 4 members (excludes halogenated alkanes) is 2. The molecule has 0 bridgehead atoms. The first-order valence-corrected chi connectivity index (χ1v) is 30.1. The van der Waals surface area contributed by atoms with Gasteiger partial charge in [-0.1, -0.05) is 153 Å². The molecule has 0 saturated carbocycles. The number of imidazole rings is 1. The van der Waals surface area contributed by atoms with Crippen molar-refractivity contribution in [3.8, 4) is 11.4 Å². The van der Waals surface area contributed by atoms with E-state index in [1.165, 1.54) is 23.0 Å². The molecule has 6 rings (SSSR count). The van der Waals surface area contributed by atoms with E-state index in [1.807, 2.05) is 38.6 Å². The molecule has 13 heteroatoms. The molecule has 11 nitrogen and oxygen atoms in total. The van der Waals surface area contributed by atoms with E-state index in [1.54, 1.807) is 24.4 Å². The Morgan fingerprint density at radius 1 is 0.743 bits per heavy atom. The Morgan fingerprint density at radius 2 is 1.34 bits per heavy atom. The molecule has 376 valence electrons. The van der Waals surface area contributed by atoms with Crippen LogP contribution in [0.3, 0.4) is 0 Å². The summed E-state index contributed by atoms with van der Waals surface area (Å²) in [5.74, 6) is -0.535. The number of esters is 1. The molecule has 0 saturated heterocycles. The van der Waals surface area contributed by atoms with Gasteiger partial charge in [-0.2, -0.15) is 0 Å². The van der Waals surface area contributed by atoms with Crippen LogP contribution in [-0.4, -0.2) is 106 Å². The molecule has 5 aromatic rings. The second kappa shape index (κ2) is 23.8. The van der Waals surface area contributed by atoms with E-state index < -0.39 is 22.6 Å². The molecule has 2 heterocycles. The fourth-order valence-electron chi connectivity index (χ4n) is 9.17. The van der Waals surface area contributed by atoms with E-state index in [2.05, 4.69) is 129 Å². The number of amides is 2. The van der Waals surface area contributed by atoms with Crippen LogP contribution in [0.4, 0.5) is 0 Å². The van der Waals surface area contributed by atoms with Gasteiger partial charge in [-0.15, -0.1) is 0 Å². The van der Waals surface area contributed by atoms with Gasteiger partial charge < -0.3 is 32.7 Å². The van der Waals surface area contributed by atoms with Gasteiger partial charge in [0.2, 0.25) is 0 Å². The largest absolute Gasteiger partial charge is 0.465 e. The highest BCUT2D eigenvalue weighted by molar-refractivity contribution is 6.99. The third-order valence-electron chi connectivity index (χ3n) is 14.3. The van der Waals surface area contributed by atoms with Crippen molar-refractivity contribution in [1.29, 1.82) is 0 Å². The molecule has 0 N–H and O–H groups in total. The molecular formula is C57H78N4O7Si2. The predicted octanol–water partition coefficient (Wildman–Crippen LogP) is 10.6. The fourth-order valence-corrected chi connectivity index (χ4v) is 14.8. The van der Waals surface area contributed by atoms with Crippen molar-refractivity contribution in [2.75, 3.05) is 46.6 Å². The monoisotopic (exact) mass is 987 g/mol. The molecular weight excluding hydrogens is 909 g/mol. The van der Waals surface area contributed by atoms with E-state index in [0.717, 1.165) is 31.2 Å². The number of carbonyl (C=O) groups excluding carboxylic acids is 3. The Hall–Kier alpha value is -5.19. The lowest BCUT2D eigenvalue weighted by molar-refractivity contribution is 0.0554.